The van der Waals surface area contributed by atoms with Gasteiger partial charge in [0, 0.05) is 18.6 Å². The molecule has 2 aliphatic rings. The molecule has 2 rings (SSSR count). The molecular weight excluding hydrogens is 696 g/mol. The minimum absolute atomic E-state index is 0. The molecule has 0 aromatic carbocycles. The van der Waals surface area contributed by atoms with E-state index >= 15 is 0 Å². The topological polar surface area (TPSA) is 338 Å². The predicted octanol–water partition coefficient (Wildman–Crippen LogP) is -32.6. The first-order chi connectivity index (χ1) is 13.6. The van der Waals surface area contributed by atoms with Crippen molar-refractivity contribution in [3.05, 3.63) is 0 Å². The predicted molar refractivity (Wildman–Crippen MR) is 83.8 cm³/mol. The standard InChI is InChI=1S/C5H13NO8P2.C5H13NO7P2.8Na/c7-3-1-4(6-2-3)5(8,15(9,10)11)16(12,13)14;7-5(14(8,9)10,15(11,12)13)4-2-1-3-6-4;;;;;;;;/h3-4,6-8H,1-2H2,(H2,9,10,11)(H2,12,13,14);4,6-7H,1-3H2,(H2,8,9,10)(H2,11,12,13);;;;;;;;/q;;8*+1/p-8. The van der Waals surface area contributed by atoms with Crippen LogP contribution in [0, 0.1) is 0 Å². The molecule has 0 aromatic heterocycles. The Kier molecular flexibility index (Phi) is 44.2. The second kappa shape index (κ2) is 26.2. The van der Waals surface area contributed by atoms with Gasteiger partial charge in [-0.2, -0.15) is 0 Å². The maximum atomic E-state index is 10.7. The van der Waals surface area contributed by atoms with Crippen molar-refractivity contribution in [3.63, 3.8) is 0 Å². The molecule has 39 heavy (non-hydrogen) atoms. The van der Waals surface area contributed by atoms with E-state index in [-0.39, 0.29) is 256 Å². The van der Waals surface area contributed by atoms with Crippen LogP contribution >= 0.6 is 30.4 Å². The van der Waals surface area contributed by atoms with E-state index in [1.807, 2.05) is 0 Å². The Bertz CT molecular complexity index is 806. The monoisotopic (exact) mass is 714 g/mol. The molecule has 2 aliphatic heterocycles. The number of hydrogen-bond donors (Lipinski definition) is 5. The van der Waals surface area contributed by atoms with E-state index < -0.39 is 65.2 Å². The van der Waals surface area contributed by atoms with Crippen LogP contribution in [-0.2, 0) is 18.3 Å². The second-order valence-electron chi connectivity index (χ2n) is 6.86. The summed E-state index contributed by atoms with van der Waals surface area (Å²) in [5, 5.41) is 24.4. The van der Waals surface area contributed by atoms with Gasteiger partial charge in [0.1, 0.15) is 10.2 Å². The van der Waals surface area contributed by atoms with Gasteiger partial charge in [-0.3, -0.25) is 0 Å². The van der Waals surface area contributed by atoms with E-state index in [2.05, 4.69) is 10.6 Å². The van der Waals surface area contributed by atoms with Crippen LogP contribution in [0.25, 0.3) is 0 Å². The quantitative estimate of drug-likeness (QED) is 0.126. The van der Waals surface area contributed by atoms with Gasteiger partial charge in [-0.15, -0.1) is 0 Å². The number of hydrogen-bond acceptors (Lipinski definition) is 17. The van der Waals surface area contributed by atoms with Gasteiger partial charge in [0.25, 0.3) is 0 Å². The number of β-amino-alcohol motifs (C(OH)–C–C–N with tert-alkyl or cyclic N) is 1. The Labute approximate surface area is 402 Å². The molecule has 3 atom stereocenters. The summed E-state index contributed by atoms with van der Waals surface area (Å²) in [7, 11) is -24.1. The molecule has 0 saturated carbocycles. The summed E-state index contributed by atoms with van der Waals surface area (Å²) in [4.78, 5) is 85.7. The molecular formula is C10H18N2Na8O15P4. The smallest absolute Gasteiger partial charge is 0.808 e. The molecule has 0 radical (unpaired) electrons. The SMILES string of the molecule is O=P([O-])([O-])C(O)(C1CC(O)CN1)P(=O)([O-])[O-].O=P([O-])([O-])C(O)(C1CCCN1)P(=O)([O-])[O-].[Na+].[Na+].[Na+].[Na+].[Na+].[Na+].[Na+].[Na+]. The Hall–Kier alpha value is 8.40. The summed E-state index contributed by atoms with van der Waals surface area (Å²) in [5.41, 5.74) is 0. The third kappa shape index (κ3) is 17.5. The zero-order valence-electron chi connectivity index (χ0n) is 23.3. The fourth-order valence-electron chi connectivity index (χ4n) is 3.09. The minimum atomic E-state index is -6.09. The first-order valence-electron chi connectivity index (χ1n) is 8.29. The summed E-state index contributed by atoms with van der Waals surface area (Å²) >= 11 is 0. The second-order valence-corrected chi connectivity index (χ2v) is 14.3. The molecule has 29 heteroatoms. The van der Waals surface area contributed by atoms with Gasteiger partial charge in [-0.05, 0) is 56.2 Å². The van der Waals surface area contributed by atoms with Gasteiger partial charge in [0.15, 0.2) is 0 Å². The summed E-state index contributed by atoms with van der Waals surface area (Å²) in [6.07, 6.45) is -1.32. The fourth-order valence-corrected chi connectivity index (χ4v) is 7.85. The average molecular weight is 714 g/mol. The van der Waals surface area contributed by atoms with Crippen LogP contribution in [0.1, 0.15) is 19.3 Å². The van der Waals surface area contributed by atoms with Gasteiger partial charge < -0.3 is 83.4 Å². The summed E-state index contributed by atoms with van der Waals surface area (Å²) in [6, 6.07) is -3.36. The molecule has 0 bridgehead atoms. The summed E-state index contributed by atoms with van der Waals surface area (Å²) in [6.45, 7) is 0.0277. The van der Waals surface area contributed by atoms with Crippen LogP contribution in [-0.4, -0.2) is 56.8 Å². The van der Waals surface area contributed by atoms with E-state index in [0.717, 1.165) is 0 Å². The van der Waals surface area contributed by atoms with E-state index in [9.17, 15) is 67.6 Å². The van der Waals surface area contributed by atoms with Crippen molar-refractivity contribution in [3.8, 4) is 0 Å². The Morgan fingerprint density at radius 1 is 0.590 bits per heavy atom. The molecule has 2 fully saturated rings. The number of nitrogens with one attached hydrogen (secondary N) is 2. The van der Waals surface area contributed by atoms with Crippen molar-refractivity contribution in [2.75, 3.05) is 13.1 Å². The molecule has 0 aromatic rings. The molecule has 2 heterocycles. The van der Waals surface area contributed by atoms with Crippen LogP contribution in [0.3, 0.4) is 0 Å². The third-order valence-electron chi connectivity index (χ3n) is 4.72. The summed E-state index contributed by atoms with van der Waals surface area (Å²) in [5.74, 6) is 0. The molecule has 186 valence electrons. The molecule has 3 unspecified atom stereocenters. The Balaban J connectivity index is -0.0000000682. The van der Waals surface area contributed by atoms with E-state index in [0.29, 0.717) is 6.42 Å². The van der Waals surface area contributed by atoms with Crippen molar-refractivity contribution in [1.82, 2.24) is 10.6 Å². The number of aliphatic hydroxyl groups is 3. The molecule has 0 aliphatic carbocycles. The van der Waals surface area contributed by atoms with E-state index in [1.165, 1.54) is 0 Å². The van der Waals surface area contributed by atoms with Crippen LogP contribution in [0.15, 0.2) is 0 Å². The fraction of sp³-hybridized carbons (Fsp3) is 1.00. The van der Waals surface area contributed by atoms with Gasteiger partial charge in [0.05, 0.1) is 6.10 Å². The zero-order chi connectivity index (χ0) is 24.7. The van der Waals surface area contributed by atoms with E-state index in [4.69, 9.17) is 5.11 Å². The molecule has 17 nitrogen and oxygen atoms in total. The molecule has 2 saturated heterocycles. The van der Waals surface area contributed by atoms with Gasteiger partial charge in [-0.1, -0.05) is 0 Å². The van der Waals surface area contributed by atoms with Crippen LogP contribution in [0.2, 0.25) is 0 Å². The van der Waals surface area contributed by atoms with E-state index in [1.54, 1.807) is 0 Å². The zero-order valence-corrected chi connectivity index (χ0v) is 42.9. The third-order valence-corrected chi connectivity index (χ3v) is 12.1. The summed E-state index contributed by atoms with van der Waals surface area (Å²) < 4.78 is 42.8. The van der Waals surface area contributed by atoms with Crippen molar-refractivity contribution in [1.29, 1.82) is 0 Å². The number of aliphatic hydroxyl groups excluding tert-OH is 1. The Morgan fingerprint density at radius 2 is 0.897 bits per heavy atom. The van der Waals surface area contributed by atoms with Crippen molar-refractivity contribution in [2.24, 2.45) is 0 Å². The maximum Gasteiger partial charge on any atom is 1.00 e. The van der Waals surface area contributed by atoms with Crippen LogP contribution < -0.4 is 286 Å². The molecule has 5 N–H and O–H groups in total. The van der Waals surface area contributed by atoms with Crippen molar-refractivity contribution in [2.45, 2.75) is 47.6 Å². The minimum Gasteiger partial charge on any atom is -0.808 e. The maximum absolute atomic E-state index is 10.7. The average Bonchev–Trinajstić information content (AvgIpc) is 3.21. The van der Waals surface area contributed by atoms with Crippen molar-refractivity contribution < 1.29 is 309 Å². The van der Waals surface area contributed by atoms with Crippen molar-refractivity contribution >= 4 is 30.4 Å². The Morgan fingerprint density at radius 3 is 1.10 bits per heavy atom. The van der Waals surface area contributed by atoms with Crippen LogP contribution in [0.4, 0.5) is 0 Å². The number of rotatable bonds is 6. The first kappa shape index (κ1) is 65.7. The normalized spacial score (nSPS) is 21.1. The molecule has 0 spiro atoms. The van der Waals surface area contributed by atoms with Crippen LogP contribution in [0.5, 0.6) is 0 Å². The van der Waals surface area contributed by atoms with Gasteiger partial charge in [-0.25, -0.2) is 0 Å². The molecule has 0 amide bonds. The first-order valence-corrected chi connectivity index (χ1v) is 14.5. The van der Waals surface area contributed by atoms with Gasteiger partial charge in [0.2, 0.25) is 0 Å². The van der Waals surface area contributed by atoms with Gasteiger partial charge >= 0.3 is 236 Å². The largest absolute Gasteiger partial charge is 1.00 e.